The predicted molar refractivity (Wildman–Crippen MR) is 141 cm³/mol. The average Bonchev–Trinajstić information content (AvgIpc) is 3.14. The van der Waals surface area contributed by atoms with Gasteiger partial charge in [0.2, 0.25) is 11.8 Å². The normalized spacial score (nSPS) is 19.8. The fourth-order valence-electron chi connectivity index (χ4n) is 4.90. The second kappa shape index (κ2) is 11.1. The second-order valence-corrected chi connectivity index (χ2v) is 10.6. The molecule has 0 aliphatic carbocycles. The van der Waals surface area contributed by atoms with Gasteiger partial charge in [-0.25, -0.2) is 13.8 Å². The molecule has 0 radical (unpaired) electrons. The zero-order valence-corrected chi connectivity index (χ0v) is 22.2. The van der Waals surface area contributed by atoms with Gasteiger partial charge < -0.3 is 20.7 Å². The van der Waals surface area contributed by atoms with Crippen molar-refractivity contribution in [3.05, 3.63) is 65.7 Å². The van der Waals surface area contributed by atoms with Crippen LogP contribution >= 0.6 is 0 Å². The van der Waals surface area contributed by atoms with E-state index in [4.69, 9.17) is 10.5 Å². The van der Waals surface area contributed by atoms with Crippen molar-refractivity contribution in [2.24, 2.45) is 16.3 Å². The molecule has 2 aromatic carbocycles. The van der Waals surface area contributed by atoms with Crippen molar-refractivity contribution >= 4 is 23.4 Å². The summed E-state index contributed by atoms with van der Waals surface area (Å²) in [6.45, 7) is 3.40. The molecule has 2 heterocycles. The van der Waals surface area contributed by atoms with Crippen LogP contribution in [0.25, 0.3) is 0 Å². The molecule has 3 N–H and O–H groups in total. The van der Waals surface area contributed by atoms with Crippen molar-refractivity contribution < 1.29 is 27.9 Å². The molecular formula is C28H33F2N5O4. The molecule has 4 rings (SSSR count). The summed E-state index contributed by atoms with van der Waals surface area (Å²) in [5, 5.41) is 8.51. The van der Waals surface area contributed by atoms with Gasteiger partial charge in [0, 0.05) is 39.0 Å². The first-order valence-electron chi connectivity index (χ1n) is 12.8. The highest BCUT2D eigenvalue weighted by molar-refractivity contribution is 6.13. The molecule has 0 saturated carbocycles. The highest BCUT2D eigenvalue weighted by Gasteiger charge is 2.53. The van der Waals surface area contributed by atoms with Crippen LogP contribution in [0.15, 0.2) is 53.6 Å². The Morgan fingerprint density at radius 1 is 1.18 bits per heavy atom. The molecule has 2 aromatic rings. The molecule has 9 nitrogen and oxygen atoms in total. The van der Waals surface area contributed by atoms with E-state index in [1.165, 1.54) is 24.9 Å². The molecule has 2 atom stereocenters. The second-order valence-electron chi connectivity index (χ2n) is 10.6. The maximum atomic E-state index is 13.8. The van der Waals surface area contributed by atoms with Crippen molar-refractivity contribution in [1.82, 2.24) is 15.2 Å². The lowest BCUT2D eigenvalue weighted by atomic mass is 9.73. The van der Waals surface area contributed by atoms with Gasteiger partial charge in [0.25, 0.3) is 5.91 Å². The van der Waals surface area contributed by atoms with Gasteiger partial charge in [0.1, 0.15) is 17.2 Å². The lowest BCUT2D eigenvalue weighted by Crippen LogP contribution is -2.61. The Balaban J connectivity index is 1.54. The van der Waals surface area contributed by atoms with E-state index in [9.17, 15) is 23.2 Å². The van der Waals surface area contributed by atoms with Crippen LogP contribution in [0.3, 0.4) is 0 Å². The van der Waals surface area contributed by atoms with Crippen LogP contribution in [0.1, 0.15) is 32.3 Å². The molecule has 1 fully saturated rings. The third kappa shape index (κ3) is 6.08. The van der Waals surface area contributed by atoms with E-state index in [2.05, 4.69) is 10.4 Å². The third-order valence-corrected chi connectivity index (χ3v) is 7.02. The fraction of sp³-hybridized carbons (Fsp3) is 0.429. The van der Waals surface area contributed by atoms with E-state index >= 15 is 0 Å². The van der Waals surface area contributed by atoms with E-state index in [1.54, 1.807) is 11.9 Å². The number of nitrogens with two attached hydrogens (primary N) is 1. The first kappa shape index (κ1) is 28.2. The number of hydrogen-bond donors (Lipinski definition) is 2. The summed E-state index contributed by atoms with van der Waals surface area (Å²) in [5.74, 6) is -3.09. The fourth-order valence-corrected chi connectivity index (χ4v) is 4.90. The summed E-state index contributed by atoms with van der Waals surface area (Å²) in [4.78, 5) is 41.5. The van der Waals surface area contributed by atoms with Crippen molar-refractivity contribution in [2.75, 3.05) is 26.7 Å². The Labute approximate surface area is 226 Å². The number of amides is 3. The summed E-state index contributed by atoms with van der Waals surface area (Å²) in [6, 6.07) is 11.7. The Morgan fingerprint density at radius 2 is 1.90 bits per heavy atom. The van der Waals surface area contributed by atoms with E-state index < -0.39 is 40.4 Å². The number of ether oxygens (including phenoxy) is 1. The lowest BCUT2D eigenvalue weighted by molar-refractivity contribution is -0.142. The number of hydrazone groups is 1. The molecular weight excluding hydrogens is 508 g/mol. The minimum absolute atomic E-state index is 0.0383. The van der Waals surface area contributed by atoms with Crippen LogP contribution in [0.4, 0.5) is 8.78 Å². The van der Waals surface area contributed by atoms with Crippen molar-refractivity contribution in [2.45, 2.75) is 44.7 Å². The SMILES string of the molecule is CN1N=C2CCN(C(=O)C(CCOc3ccc(F)c(F)c3)NC(=O)C(C)(C)N)CC2(Cc2ccccc2)C1=O. The van der Waals surface area contributed by atoms with Crippen LogP contribution in [-0.4, -0.2) is 71.7 Å². The van der Waals surface area contributed by atoms with Crippen molar-refractivity contribution in [1.29, 1.82) is 0 Å². The van der Waals surface area contributed by atoms with Gasteiger partial charge in [-0.3, -0.25) is 14.4 Å². The first-order chi connectivity index (χ1) is 18.4. The van der Waals surface area contributed by atoms with Gasteiger partial charge in [-0.15, -0.1) is 0 Å². The topological polar surface area (TPSA) is 117 Å². The Bertz CT molecular complexity index is 1280. The van der Waals surface area contributed by atoms with E-state index in [-0.39, 0.29) is 31.2 Å². The number of carbonyl (C=O) groups excluding carboxylic acids is 3. The van der Waals surface area contributed by atoms with Crippen LogP contribution in [0, 0.1) is 17.0 Å². The van der Waals surface area contributed by atoms with Gasteiger partial charge in [0.05, 0.1) is 17.9 Å². The highest BCUT2D eigenvalue weighted by atomic mass is 19.2. The molecule has 2 aliphatic rings. The Kier molecular flexibility index (Phi) is 8.01. The number of nitrogens with one attached hydrogen (secondary N) is 1. The average molecular weight is 542 g/mol. The summed E-state index contributed by atoms with van der Waals surface area (Å²) < 4.78 is 32.4. The molecule has 0 aromatic heterocycles. The van der Waals surface area contributed by atoms with Crippen LogP contribution < -0.4 is 15.8 Å². The zero-order valence-electron chi connectivity index (χ0n) is 22.2. The van der Waals surface area contributed by atoms with Crippen LogP contribution in [0.5, 0.6) is 5.75 Å². The standard InChI is InChI=1S/C28H33F2N5O4/c1-27(2,31)25(37)32-22(12-14-39-19-9-10-20(29)21(30)15-19)24(36)35-13-11-23-28(17-35,26(38)34(3)33-23)16-18-7-5-4-6-8-18/h4-10,15,22H,11-14,16-17,31H2,1-3H3,(H,32,37). The number of benzene rings is 2. The number of nitrogens with zero attached hydrogens (tertiary/aromatic N) is 3. The largest absolute Gasteiger partial charge is 0.493 e. The van der Waals surface area contributed by atoms with E-state index in [0.29, 0.717) is 19.4 Å². The number of carbonyl (C=O) groups is 3. The number of hydrogen-bond acceptors (Lipinski definition) is 6. The molecule has 1 saturated heterocycles. The van der Waals surface area contributed by atoms with Crippen LogP contribution in [-0.2, 0) is 20.8 Å². The molecule has 11 heteroatoms. The van der Waals surface area contributed by atoms with Gasteiger partial charge in [-0.1, -0.05) is 30.3 Å². The minimum atomic E-state index is -1.25. The van der Waals surface area contributed by atoms with Crippen molar-refractivity contribution in [3.8, 4) is 5.75 Å². The number of halogens is 2. The molecule has 0 bridgehead atoms. The van der Waals surface area contributed by atoms with E-state index in [0.717, 1.165) is 23.4 Å². The molecule has 208 valence electrons. The zero-order chi connectivity index (χ0) is 28.4. The minimum Gasteiger partial charge on any atom is -0.493 e. The Hall–Kier alpha value is -3.86. The maximum absolute atomic E-state index is 13.8. The highest BCUT2D eigenvalue weighted by Crippen LogP contribution is 2.38. The lowest BCUT2D eigenvalue weighted by Gasteiger charge is -2.41. The summed E-state index contributed by atoms with van der Waals surface area (Å²) in [5.41, 5.74) is 5.37. The van der Waals surface area contributed by atoms with Crippen LogP contribution in [0.2, 0.25) is 0 Å². The smallest absolute Gasteiger partial charge is 0.256 e. The summed E-state index contributed by atoms with van der Waals surface area (Å²) in [6.07, 6.45) is 0.825. The number of likely N-dealkylation sites (tertiary alicyclic amines) is 1. The Morgan fingerprint density at radius 3 is 2.56 bits per heavy atom. The summed E-state index contributed by atoms with van der Waals surface area (Å²) in [7, 11) is 1.61. The summed E-state index contributed by atoms with van der Waals surface area (Å²) >= 11 is 0. The molecule has 0 spiro atoms. The van der Waals surface area contributed by atoms with Gasteiger partial charge in [-0.05, 0) is 38.0 Å². The predicted octanol–water partition coefficient (Wildman–Crippen LogP) is 2.25. The molecule has 39 heavy (non-hydrogen) atoms. The van der Waals surface area contributed by atoms with Gasteiger partial charge in [0.15, 0.2) is 11.6 Å². The maximum Gasteiger partial charge on any atom is 0.256 e. The number of fused-ring (bicyclic) bond motifs is 1. The van der Waals surface area contributed by atoms with Crippen molar-refractivity contribution in [3.63, 3.8) is 0 Å². The molecule has 2 unspecified atom stereocenters. The monoisotopic (exact) mass is 541 g/mol. The molecule has 2 aliphatic heterocycles. The van der Waals surface area contributed by atoms with Gasteiger partial charge >= 0.3 is 0 Å². The number of rotatable bonds is 9. The molecule has 3 amide bonds. The van der Waals surface area contributed by atoms with E-state index in [1.807, 2.05) is 30.3 Å². The van der Waals surface area contributed by atoms with Gasteiger partial charge in [-0.2, -0.15) is 5.10 Å². The number of piperidine rings is 1. The first-order valence-corrected chi connectivity index (χ1v) is 12.8. The quantitative estimate of drug-likeness (QED) is 0.505. The third-order valence-electron chi connectivity index (χ3n) is 7.02.